The van der Waals surface area contributed by atoms with Crippen molar-refractivity contribution in [1.29, 1.82) is 0 Å². The minimum absolute atomic E-state index is 0.673. The third kappa shape index (κ3) is 3.80. The molecule has 0 saturated carbocycles. The van der Waals surface area contributed by atoms with Crippen molar-refractivity contribution in [3.05, 3.63) is 28.2 Å². The molecule has 1 N–H and O–H groups in total. The fourth-order valence-electron chi connectivity index (χ4n) is 1.88. The lowest BCUT2D eigenvalue weighted by Crippen LogP contribution is -2.24. The molecule has 0 saturated heterocycles. The minimum Gasteiger partial charge on any atom is -0.374 e. The average Bonchev–Trinajstić information content (AvgIpc) is 2.20. The lowest BCUT2D eigenvalue weighted by atomic mass is 10.1. The number of nitrogens with one attached hydrogen (secondary N) is 1. The molecule has 0 radical (unpaired) electrons. The molecule has 16 heavy (non-hydrogen) atoms. The van der Waals surface area contributed by atoms with Crippen LogP contribution in [-0.2, 0) is 6.54 Å². The summed E-state index contributed by atoms with van der Waals surface area (Å²) in [6.07, 6.45) is 0. The van der Waals surface area contributed by atoms with Gasteiger partial charge in [0, 0.05) is 30.3 Å². The van der Waals surface area contributed by atoms with Gasteiger partial charge in [0.05, 0.1) is 0 Å². The molecular formula is C13H21BrN2. The van der Waals surface area contributed by atoms with Crippen molar-refractivity contribution in [2.24, 2.45) is 5.92 Å². The maximum atomic E-state index is 3.53. The van der Waals surface area contributed by atoms with Crippen LogP contribution in [0.1, 0.15) is 19.4 Å². The van der Waals surface area contributed by atoms with E-state index in [1.807, 2.05) is 7.05 Å². The molecular weight excluding hydrogens is 264 g/mol. The van der Waals surface area contributed by atoms with Crippen LogP contribution in [0.15, 0.2) is 22.7 Å². The van der Waals surface area contributed by atoms with Crippen LogP contribution in [0, 0.1) is 5.92 Å². The van der Waals surface area contributed by atoms with Crippen molar-refractivity contribution < 1.29 is 0 Å². The highest BCUT2D eigenvalue weighted by molar-refractivity contribution is 9.10. The van der Waals surface area contributed by atoms with E-state index in [9.17, 15) is 0 Å². The number of rotatable bonds is 5. The molecule has 3 heteroatoms. The van der Waals surface area contributed by atoms with E-state index in [0.29, 0.717) is 5.92 Å². The Labute approximate surface area is 107 Å². The van der Waals surface area contributed by atoms with E-state index in [1.54, 1.807) is 0 Å². The van der Waals surface area contributed by atoms with Gasteiger partial charge in [0.15, 0.2) is 0 Å². The average molecular weight is 285 g/mol. The van der Waals surface area contributed by atoms with Gasteiger partial charge in [-0.25, -0.2) is 0 Å². The van der Waals surface area contributed by atoms with Crippen molar-refractivity contribution >= 4 is 21.6 Å². The van der Waals surface area contributed by atoms with Gasteiger partial charge in [-0.2, -0.15) is 0 Å². The second-order valence-electron chi connectivity index (χ2n) is 4.58. The highest BCUT2D eigenvalue weighted by Crippen LogP contribution is 2.25. The summed E-state index contributed by atoms with van der Waals surface area (Å²) < 4.78 is 1.14. The van der Waals surface area contributed by atoms with Gasteiger partial charge < -0.3 is 10.2 Å². The van der Waals surface area contributed by atoms with Crippen LogP contribution >= 0.6 is 15.9 Å². The molecule has 0 fully saturated rings. The molecule has 90 valence electrons. The minimum atomic E-state index is 0.673. The summed E-state index contributed by atoms with van der Waals surface area (Å²) in [6.45, 7) is 6.47. The first-order valence-corrected chi connectivity index (χ1v) is 6.48. The smallest absolute Gasteiger partial charge is 0.0420 e. The number of hydrogen-bond acceptors (Lipinski definition) is 2. The Hall–Kier alpha value is -0.540. The second kappa shape index (κ2) is 6.26. The van der Waals surface area contributed by atoms with Crippen LogP contribution in [0.2, 0.25) is 0 Å². The predicted molar refractivity (Wildman–Crippen MR) is 75.0 cm³/mol. The van der Waals surface area contributed by atoms with Gasteiger partial charge in [0.1, 0.15) is 0 Å². The van der Waals surface area contributed by atoms with E-state index < -0.39 is 0 Å². The SMILES string of the molecule is CNCc1ccc(Br)cc1N(C)CC(C)C. The van der Waals surface area contributed by atoms with E-state index >= 15 is 0 Å². The van der Waals surface area contributed by atoms with Gasteiger partial charge in [-0.05, 0) is 30.7 Å². The molecule has 0 aliphatic rings. The van der Waals surface area contributed by atoms with Crippen LogP contribution < -0.4 is 10.2 Å². The Morgan fingerprint density at radius 2 is 2.06 bits per heavy atom. The number of benzene rings is 1. The number of halogens is 1. The molecule has 1 aromatic rings. The van der Waals surface area contributed by atoms with Gasteiger partial charge >= 0.3 is 0 Å². The zero-order chi connectivity index (χ0) is 12.1. The van der Waals surface area contributed by atoms with E-state index in [-0.39, 0.29) is 0 Å². The number of hydrogen-bond donors (Lipinski definition) is 1. The molecule has 0 bridgehead atoms. The normalized spacial score (nSPS) is 10.9. The highest BCUT2D eigenvalue weighted by atomic mass is 79.9. The quantitative estimate of drug-likeness (QED) is 0.893. The Bertz CT molecular complexity index is 337. The number of anilines is 1. The van der Waals surface area contributed by atoms with Crippen molar-refractivity contribution in [2.75, 3.05) is 25.5 Å². The lowest BCUT2D eigenvalue weighted by molar-refractivity contribution is 0.636. The molecule has 2 nitrogen and oxygen atoms in total. The summed E-state index contributed by atoms with van der Waals surface area (Å²) in [5.74, 6) is 0.673. The Morgan fingerprint density at radius 3 is 2.62 bits per heavy atom. The first kappa shape index (κ1) is 13.5. The second-order valence-corrected chi connectivity index (χ2v) is 5.49. The summed E-state index contributed by atoms with van der Waals surface area (Å²) in [5.41, 5.74) is 2.64. The topological polar surface area (TPSA) is 15.3 Å². The van der Waals surface area contributed by atoms with Crippen LogP contribution in [0.4, 0.5) is 5.69 Å². The summed E-state index contributed by atoms with van der Waals surface area (Å²) >= 11 is 3.53. The molecule has 1 rings (SSSR count). The summed E-state index contributed by atoms with van der Waals surface area (Å²) in [7, 11) is 4.13. The van der Waals surface area contributed by atoms with Crippen LogP contribution in [0.25, 0.3) is 0 Å². The molecule has 0 aliphatic carbocycles. The van der Waals surface area contributed by atoms with E-state index in [2.05, 4.69) is 65.2 Å². The number of nitrogens with zero attached hydrogens (tertiary/aromatic N) is 1. The fraction of sp³-hybridized carbons (Fsp3) is 0.538. The van der Waals surface area contributed by atoms with Gasteiger partial charge in [-0.1, -0.05) is 35.8 Å². The van der Waals surface area contributed by atoms with Crippen LogP contribution in [-0.4, -0.2) is 20.6 Å². The first-order chi connectivity index (χ1) is 7.54. The van der Waals surface area contributed by atoms with Crippen molar-refractivity contribution in [3.63, 3.8) is 0 Å². The molecule has 0 amide bonds. The Morgan fingerprint density at radius 1 is 1.38 bits per heavy atom. The maximum absolute atomic E-state index is 3.53. The fourth-order valence-corrected chi connectivity index (χ4v) is 2.23. The molecule has 0 atom stereocenters. The Kier molecular flexibility index (Phi) is 5.29. The summed E-state index contributed by atoms with van der Waals surface area (Å²) in [4.78, 5) is 2.32. The lowest BCUT2D eigenvalue weighted by Gasteiger charge is -2.24. The zero-order valence-corrected chi connectivity index (χ0v) is 12.1. The molecule has 0 spiro atoms. The van der Waals surface area contributed by atoms with Gasteiger partial charge in [0.2, 0.25) is 0 Å². The standard InChI is InChI=1S/C13H21BrN2/c1-10(2)9-16(4)13-7-12(14)6-5-11(13)8-15-3/h5-7,10,15H,8-9H2,1-4H3. The first-order valence-electron chi connectivity index (χ1n) is 5.68. The third-order valence-electron chi connectivity index (χ3n) is 2.46. The molecule has 0 aliphatic heterocycles. The zero-order valence-electron chi connectivity index (χ0n) is 10.5. The predicted octanol–water partition coefficient (Wildman–Crippen LogP) is 3.26. The van der Waals surface area contributed by atoms with Crippen molar-refractivity contribution in [2.45, 2.75) is 20.4 Å². The van der Waals surface area contributed by atoms with Gasteiger partial charge in [-0.15, -0.1) is 0 Å². The van der Waals surface area contributed by atoms with Crippen LogP contribution in [0.5, 0.6) is 0 Å². The van der Waals surface area contributed by atoms with E-state index in [1.165, 1.54) is 11.3 Å². The van der Waals surface area contributed by atoms with Crippen molar-refractivity contribution in [1.82, 2.24) is 5.32 Å². The summed E-state index contributed by atoms with van der Waals surface area (Å²) in [5, 5.41) is 3.21. The molecule has 1 aromatic carbocycles. The molecule has 0 heterocycles. The van der Waals surface area contributed by atoms with Crippen LogP contribution in [0.3, 0.4) is 0 Å². The molecule has 0 aromatic heterocycles. The Balaban J connectivity index is 2.94. The van der Waals surface area contributed by atoms with Gasteiger partial charge in [-0.3, -0.25) is 0 Å². The van der Waals surface area contributed by atoms with E-state index in [4.69, 9.17) is 0 Å². The van der Waals surface area contributed by atoms with Crippen molar-refractivity contribution in [3.8, 4) is 0 Å². The summed E-state index contributed by atoms with van der Waals surface area (Å²) in [6, 6.07) is 6.46. The maximum Gasteiger partial charge on any atom is 0.0420 e. The van der Waals surface area contributed by atoms with Gasteiger partial charge in [0.25, 0.3) is 0 Å². The monoisotopic (exact) mass is 284 g/mol. The third-order valence-corrected chi connectivity index (χ3v) is 2.96. The van der Waals surface area contributed by atoms with E-state index in [0.717, 1.165) is 17.6 Å². The highest BCUT2D eigenvalue weighted by Gasteiger charge is 2.08. The largest absolute Gasteiger partial charge is 0.374 e. The molecule has 0 unspecified atom stereocenters.